The number of aryl methyl sites for hydroxylation is 1. The van der Waals surface area contributed by atoms with E-state index in [0.717, 1.165) is 0 Å². The Labute approximate surface area is 91.6 Å². The van der Waals surface area contributed by atoms with Crippen molar-refractivity contribution in [3.8, 4) is 0 Å². The largest absolute Gasteiger partial charge is 0.345 e. The highest BCUT2D eigenvalue weighted by atomic mass is 16.2. The summed E-state index contributed by atoms with van der Waals surface area (Å²) in [6.07, 6.45) is 2.66. The second-order valence-electron chi connectivity index (χ2n) is 3.51. The van der Waals surface area contributed by atoms with Gasteiger partial charge in [-0.1, -0.05) is 0 Å². The number of carbonyl (C=O) groups excluding carboxylic acids is 1. The molecule has 1 aromatic heterocycles. The first-order chi connectivity index (χ1) is 7.41. The van der Waals surface area contributed by atoms with Crippen molar-refractivity contribution < 1.29 is 4.79 Å². The maximum Gasteiger partial charge on any atom is 0.325 e. The fourth-order valence-corrected chi connectivity index (χ4v) is 1.11. The van der Waals surface area contributed by atoms with E-state index >= 15 is 0 Å². The quantitative estimate of drug-likeness (QED) is 0.661. The molecule has 6 nitrogen and oxygen atoms in total. The number of amides is 1. The molecule has 0 bridgehead atoms. The first-order valence-corrected chi connectivity index (χ1v) is 4.64. The average molecular weight is 223 g/mol. The van der Waals surface area contributed by atoms with Crippen molar-refractivity contribution in [2.45, 2.75) is 6.92 Å². The SMILES string of the molecule is Cc1[nH]c(=O)[nH]c(=O)c1/C=C/C(=O)N(C)C. The molecule has 1 aromatic rings. The van der Waals surface area contributed by atoms with Gasteiger partial charge in [0.25, 0.3) is 5.56 Å². The van der Waals surface area contributed by atoms with Crippen LogP contribution in [0.1, 0.15) is 11.3 Å². The Kier molecular flexibility index (Phi) is 3.44. The van der Waals surface area contributed by atoms with Gasteiger partial charge in [0.1, 0.15) is 0 Å². The number of nitrogens with one attached hydrogen (secondary N) is 2. The van der Waals surface area contributed by atoms with E-state index in [2.05, 4.69) is 9.97 Å². The van der Waals surface area contributed by atoms with Crippen molar-refractivity contribution in [2.75, 3.05) is 14.1 Å². The zero-order chi connectivity index (χ0) is 12.3. The maximum atomic E-state index is 11.4. The highest BCUT2D eigenvalue weighted by Gasteiger charge is 2.03. The first kappa shape index (κ1) is 12.0. The Morgan fingerprint density at radius 2 is 1.88 bits per heavy atom. The van der Waals surface area contributed by atoms with E-state index in [4.69, 9.17) is 0 Å². The third-order valence-corrected chi connectivity index (χ3v) is 2.01. The number of nitrogens with zero attached hydrogens (tertiary/aromatic N) is 1. The Bertz CT molecular complexity index is 537. The van der Waals surface area contributed by atoms with Crippen molar-refractivity contribution in [2.24, 2.45) is 0 Å². The number of aromatic nitrogens is 2. The van der Waals surface area contributed by atoms with Crippen LogP contribution < -0.4 is 11.2 Å². The van der Waals surface area contributed by atoms with Gasteiger partial charge in [0, 0.05) is 25.9 Å². The van der Waals surface area contributed by atoms with Gasteiger partial charge in [0.05, 0.1) is 5.56 Å². The number of aromatic amines is 2. The predicted molar refractivity (Wildman–Crippen MR) is 60.1 cm³/mol. The lowest BCUT2D eigenvalue weighted by Crippen LogP contribution is -2.25. The van der Waals surface area contributed by atoms with Crippen molar-refractivity contribution >= 4 is 12.0 Å². The summed E-state index contributed by atoms with van der Waals surface area (Å²) >= 11 is 0. The standard InChI is InChI=1S/C10H13N3O3/c1-6-7(4-5-8(14)13(2)3)9(15)12-10(16)11-6/h4-5H,1-3H3,(H2,11,12,15,16)/b5-4+. The predicted octanol–water partition coefficient (Wildman–Crippen LogP) is -0.527. The normalized spacial score (nSPS) is 10.7. The number of hydrogen-bond acceptors (Lipinski definition) is 3. The smallest absolute Gasteiger partial charge is 0.325 e. The Hall–Kier alpha value is -2.11. The molecule has 0 saturated heterocycles. The Balaban J connectivity index is 3.12. The van der Waals surface area contributed by atoms with Gasteiger partial charge in [-0.05, 0) is 13.0 Å². The first-order valence-electron chi connectivity index (χ1n) is 4.64. The second-order valence-corrected chi connectivity index (χ2v) is 3.51. The van der Waals surface area contributed by atoms with Gasteiger partial charge in [0.15, 0.2) is 0 Å². The van der Waals surface area contributed by atoms with Gasteiger partial charge in [-0.15, -0.1) is 0 Å². The van der Waals surface area contributed by atoms with Gasteiger partial charge >= 0.3 is 5.69 Å². The third kappa shape index (κ3) is 2.69. The van der Waals surface area contributed by atoms with Crippen LogP contribution in [0.25, 0.3) is 6.08 Å². The van der Waals surface area contributed by atoms with Crippen LogP contribution in [0.4, 0.5) is 0 Å². The van der Waals surface area contributed by atoms with Crippen LogP contribution >= 0.6 is 0 Å². The van der Waals surface area contributed by atoms with Gasteiger partial charge in [-0.2, -0.15) is 0 Å². The summed E-state index contributed by atoms with van der Waals surface area (Å²) in [5.41, 5.74) is -0.367. The molecule has 1 heterocycles. The molecule has 0 aliphatic heterocycles. The molecule has 0 saturated carbocycles. The maximum absolute atomic E-state index is 11.4. The van der Waals surface area contributed by atoms with E-state index < -0.39 is 11.2 Å². The second kappa shape index (κ2) is 4.61. The van der Waals surface area contributed by atoms with Crippen LogP contribution in [0.15, 0.2) is 15.7 Å². The summed E-state index contributed by atoms with van der Waals surface area (Å²) in [4.78, 5) is 39.5. The van der Waals surface area contributed by atoms with Crippen molar-refractivity contribution in [1.29, 1.82) is 0 Å². The Morgan fingerprint density at radius 3 is 2.38 bits per heavy atom. The number of likely N-dealkylation sites (N-methyl/N-ethyl adjacent to an activating group) is 1. The highest BCUT2D eigenvalue weighted by Crippen LogP contribution is 1.98. The fourth-order valence-electron chi connectivity index (χ4n) is 1.11. The molecular weight excluding hydrogens is 210 g/mol. The summed E-state index contributed by atoms with van der Waals surface area (Å²) in [6, 6.07) is 0. The number of H-pyrrole nitrogens is 2. The molecule has 86 valence electrons. The van der Waals surface area contributed by atoms with Gasteiger partial charge in [-0.25, -0.2) is 4.79 Å². The van der Waals surface area contributed by atoms with E-state index in [9.17, 15) is 14.4 Å². The molecule has 0 aliphatic carbocycles. The summed E-state index contributed by atoms with van der Waals surface area (Å²) in [5.74, 6) is -0.231. The lowest BCUT2D eigenvalue weighted by Gasteiger charge is -2.05. The molecule has 0 aromatic carbocycles. The van der Waals surface area contributed by atoms with Crippen molar-refractivity contribution in [3.05, 3.63) is 38.2 Å². The van der Waals surface area contributed by atoms with E-state index in [-0.39, 0.29) is 11.5 Å². The van der Waals surface area contributed by atoms with Crippen LogP contribution in [0.3, 0.4) is 0 Å². The summed E-state index contributed by atoms with van der Waals surface area (Å²) in [6.45, 7) is 1.59. The highest BCUT2D eigenvalue weighted by molar-refractivity contribution is 5.91. The lowest BCUT2D eigenvalue weighted by atomic mass is 10.2. The minimum Gasteiger partial charge on any atom is -0.345 e. The zero-order valence-corrected chi connectivity index (χ0v) is 9.33. The van der Waals surface area contributed by atoms with Gasteiger partial charge in [-0.3, -0.25) is 14.6 Å². The monoisotopic (exact) mass is 223 g/mol. The molecule has 6 heteroatoms. The molecule has 0 unspecified atom stereocenters. The molecule has 0 fully saturated rings. The molecule has 16 heavy (non-hydrogen) atoms. The topological polar surface area (TPSA) is 86.0 Å². The molecule has 0 atom stereocenters. The molecule has 0 aliphatic rings. The molecule has 0 radical (unpaired) electrons. The number of carbonyl (C=O) groups is 1. The molecule has 1 amide bonds. The van der Waals surface area contributed by atoms with Crippen LogP contribution in [0.5, 0.6) is 0 Å². The third-order valence-electron chi connectivity index (χ3n) is 2.01. The molecular formula is C10H13N3O3. The molecule has 0 spiro atoms. The summed E-state index contributed by atoms with van der Waals surface area (Å²) in [7, 11) is 3.22. The van der Waals surface area contributed by atoms with Crippen LogP contribution in [-0.4, -0.2) is 34.9 Å². The van der Waals surface area contributed by atoms with Crippen molar-refractivity contribution in [1.82, 2.24) is 14.9 Å². The molecule has 2 N–H and O–H groups in total. The van der Waals surface area contributed by atoms with E-state index in [0.29, 0.717) is 5.69 Å². The zero-order valence-electron chi connectivity index (χ0n) is 9.33. The van der Waals surface area contributed by atoms with E-state index in [1.165, 1.54) is 17.1 Å². The summed E-state index contributed by atoms with van der Waals surface area (Å²) in [5, 5.41) is 0. The van der Waals surface area contributed by atoms with Crippen LogP contribution in [0.2, 0.25) is 0 Å². The lowest BCUT2D eigenvalue weighted by molar-refractivity contribution is -0.123. The van der Waals surface area contributed by atoms with E-state index in [1.54, 1.807) is 21.0 Å². The minimum absolute atomic E-state index is 0.231. The fraction of sp³-hybridized carbons (Fsp3) is 0.300. The molecule has 1 rings (SSSR count). The van der Waals surface area contributed by atoms with Gasteiger partial charge < -0.3 is 9.88 Å². The Morgan fingerprint density at radius 1 is 1.25 bits per heavy atom. The number of hydrogen-bond donors (Lipinski definition) is 2. The average Bonchev–Trinajstić information content (AvgIpc) is 2.15. The minimum atomic E-state index is -0.557. The van der Waals surface area contributed by atoms with Crippen molar-refractivity contribution in [3.63, 3.8) is 0 Å². The van der Waals surface area contributed by atoms with E-state index in [1.807, 2.05) is 0 Å². The van der Waals surface area contributed by atoms with Gasteiger partial charge in [0.2, 0.25) is 5.91 Å². The van der Waals surface area contributed by atoms with Crippen LogP contribution in [-0.2, 0) is 4.79 Å². The summed E-state index contributed by atoms with van der Waals surface area (Å²) < 4.78 is 0. The van der Waals surface area contributed by atoms with Crippen LogP contribution in [0, 0.1) is 6.92 Å². The number of rotatable bonds is 2.